The maximum absolute atomic E-state index is 12.4. The molecule has 0 saturated heterocycles. The van der Waals surface area contributed by atoms with Crippen LogP contribution < -0.4 is 19.5 Å². The lowest BCUT2D eigenvalue weighted by Gasteiger charge is -2.15. The van der Waals surface area contributed by atoms with E-state index in [1.54, 1.807) is 57.4 Å². The standard InChI is InChI=1S/C20H26N2O5S/c1-14-5-6-15(2)19(13-14)28(24,25)22-12-11-21-20(23)16(3)27-18-9-7-17(26-4)8-10-18/h5-10,13,16,22H,11-12H2,1-4H3,(H,21,23). The van der Waals surface area contributed by atoms with Gasteiger partial charge in [-0.25, -0.2) is 13.1 Å². The molecule has 2 aromatic carbocycles. The van der Waals surface area contributed by atoms with E-state index in [-0.39, 0.29) is 23.9 Å². The van der Waals surface area contributed by atoms with Crippen molar-refractivity contribution in [3.63, 3.8) is 0 Å². The molecule has 0 spiro atoms. The Morgan fingerprint density at radius 3 is 2.32 bits per heavy atom. The molecule has 1 unspecified atom stereocenters. The number of carbonyl (C=O) groups is 1. The van der Waals surface area contributed by atoms with E-state index in [1.165, 1.54) is 0 Å². The predicted molar refractivity (Wildman–Crippen MR) is 107 cm³/mol. The van der Waals surface area contributed by atoms with Crippen molar-refractivity contribution < 1.29 is 22.7 Å². The average Bonchev–Trinajstić information content (AvgIpc) is 2.67. The monoisotopic (exact) mass is 406 g/mol. The van der Waals surface area contributed by atoms with Crippen molar-refractivity contribution in [3.05, 3.63) is 53.6 Å². The number of hydrogen-bond acceptors (Lipinski definition) is 5. The van der Waals surface area contributed by atoms with Gasteiger partial charge in [0.15, 0.2) is 6.10 Å². The van der Waals surface area contributed by atoms with E-state index in [4.69, 9.17) is 9.47 Å². The number of carbonyl (C=O) groups excluding carboxylic acids is 1. The van der Waals surface area contributed by atoms with Gasteiger partial charge < -0.3 is 14.8 Å². The topological polar surface area (TPSA) is 93.7 Å². The number of aryl methyl sites for hydroxylation is 2. The minimum Gasteiger partial charge on any atom is -0.497 e. The third-order valence-electron chi connectivity index (χ3n) is 4.09. The molecule has 0 bridgehead atoms. The van der Waals surface area contributed by atoms with E-state index in [1.807, 2.05) is 13.0 Å². The molecule has 0 heterocycles. The third-order valence-corrected chi connectivity index (χ3v) is 5.69. The van der Waals surface area contributed by atoms with Gasteiger partial charge >= 0.3 is 0 Å². The molecule has 0 aliphatic carbocycles. The number of ether oxygens (including phenoxy) is 2. The Kier molecular flexibility index (Phi) is 7.42. The first-order valence-electron chi connectivity index (χ1n) is 8.88. The molecule has 1 amide bonds. The zero-order chi connectivity index (χ0) is 20.7. The third kappa shape index (κ3) is 5.97. The fourth-order valence-corrected chi connectivity index (χ4v) is 3.86. The number of hydrogen-bond donors (Lipinski definition) is 2. The average molecular weight is 407 g/mol. The van der Waals surface area contributed by atoms with Gasteiger partial charge in [0.25, 0.3) is 5.91 Å². The number of benzene rings is 2. The molecule has 8 heteroatoms. The first kappa shape index (κ1) is 21.7. The fraction of sp³-hybridized carbons (Fsp3) is 0.350. The zero-order valence-corrected chi connectivity index (χ0v) is 17.3. The summed E-state index contributed by atoms with van der Waals surface area (Å²) in [6, 6.07) is 12.1. The van der Waals surface area contributed by atoms with Gasteiger partial charge in [0.1, 0.15) is 11.5 Å². The van der Waals surface area contributed by atoms with Crippen LogP contribution in [0.25, 0.3) is 0 Å². The van der Waals surface area contributed by atoms with Crippen molar-refractivity contribution in [2.75, 3.05) is 20.2 Å². The lowest BCUT2D eigenvalue weighted by molar-refractivity contribution is -0.127. The molecule has 7 nitrogen and oxygen atoms in total. The van der Waals surface area contributed by atoms with Crippen molar-refractivity contribution in [1.82, 2.24) is 10.0 Å². The van der Waals surface area contributed by atoms with Crippen LogP contribution in [-0.4, -0.2) is 40.6 Å². The minimum atomic E-state index is -3.63. The molecular formula is C20H26N2O5S. The van der Waals surface area contributed by atoms with E-state index in [0.717, 1.165) is 5.56 Å². The van der Waals surface area contributed by atoms with Gasteiger partial charge in [0.2, 0.25) is 10.0 Å². The molecular weight excluding hydrogens is 380 g/mol. The van der Waals surface area contributed by atoms with Crippen molar-refractivity contribution in [1.29, 1.82) is 0 Å². The number of methoxy groups -OCH3 is 1. The number of rotatable bonds is 9. The molecule has 0 aliphatic rings. The summed E-state index contributed by atoms with van der Waals surface area (Å²) in [4.78, 5) is 12.4. The van der Waals surface area contributed by atoms with E-state index in [9.17, 15) is 13.2 Å². The van der Waals surface area contributed by atoms with Crippen LogP contribution in [0.3, 0.4) is 0 Å². The summed E-state index contributed by atoms with van der Waals surface area (Å²) in [5.41, 5.74) is 1.53. The molecule has 0 radical (unpaired) electrons. The highest BCUT2D eigenvalue weighted by atomic mass is 32.2. The van der Waals surface area contributed by atoms with Gasteiger partial charge in [-0.3, -0.25) is 4.79 Å². The summed E-state index contributed by atoms with van der Waals surface area (Å²) in [5.74, 6) is 0.904. The van der Waals surface area contributed by atoms with Crippen molar-refractivity contribution in [2.45, 2.75) is 31.8 Å². The first-order chi connectivity index (χ1) is 13.2. The van der Waals surface area contributed by atoms with Gasteiger partial charge in [-0.05, 0) is 62.2 Å². The summed E-state index contributed by atoms with van der Waals surface area (Å²) >= 11 is 0. The molecule has 152 valence electrons. The Morgan fingerprint density at radius 1 is 1.04 bits per heavy atom. The molecule has 1 atom stereocenters. The second-order valence-corrected chi connectivity index (χ2v) is 8.13. The summed E-state index contributed by atoms with van der Waals surface area (Å²) in [6.07, 6.45) is -0.719. The summed E-state index contributed by atoms with van der Waals surface area (Å²) in [7, 11) is -2.06. The normalized spacial score (nSPS) is 12.3. The maximum Gasteiger partial charge on any atom is 0.260 e. The highest BCUT2D eigenvalue weighted by molar-refractivity contribution is 7.89. The van der Waals surface area contributed by atoms with E-state index in [2.05, 4.69) is 10.0 Å². The first-order valence-corrected chi connectivity index (χ1v) is 10.4. The number of sulfonamides is 1. The molecule has 0 aromatic heterocycles. The lowest BCUT2D eigenvalue weighted by Crippen LogP contribution is -2.40. The van der Waals surface area contributed by atoms with Crippen molar-refractivity contribution in [3.8, 4) is 11.5 Å². The van der Waals surface area contributed by atoms with Gasteiger partial charge in [-0.2, -0.15) is 0 Å². The zero-order valence-electron chi connectivity index (χ0n) is 16.5. The van der Waals surface area contributed by atoms with E-state index >= 15 is 0 Å². The number of amides is 1. The van der Waals surface area contributed by atoms with Crippen molar-refractivity contribution >= 4 is 15.9 Å². The predicted octanol–water partition coefficient (Wildman–Crippen LogP) is 2.17. The number of nitrogens with one attached hydrogen (secondary N) is 2. The van der Waals surface area contributed by atoms with Gasteiger partial charge in [-0.15, -0.1) is 0 Å². The second-order valence-electron chi connectivity index (χ2n) is 6.39. The van der Waals surface area contributed by atoms with Crippen LogP contribution in [0.15, 0.2) is 47.4 Å². The Balaban J connectivity index is 1.81. The maximum atomic E-state index is 12.4. The van der Waals surface area contributed by atoms with E-state index < -0.39 is 16.1 Å². The molecule has 0 aliphatic heterocycles. The SMILES string of the molecule is COc1ccc(OC(C)C(=O)NCCNS(=O)(=O)c2cc(C)ccc2C)cc1. The Hall–Kier alpha value is -2.58. The summed E-state index contributed by atoms with van der Waals surface area (Å²) in [6.45, 7) is 5.44. The van der Waals surface area contributed by atoms with Gasteiger partial charge in [0, 0.05) is 13.1 Å². The highest BCUT2D eigenvalue weighted by Gasteiger charge is 2.18. The highest BCUT2D eigenvalue weighted by Crippen LogP contribution is 2.18. The van der Waals surface area contributed by atoms with Crippen LogP contribution in [0.4, 0.5) is 0 Å². The summed E-state index contributed by atoms with van der Waals surface area (Å²) in [5, 5.41) is 2.66. The largest absolute Gasteiger partial charge is 0.497 e. The Labute approximate surface area is 166 Å². The molecule has 0 fully saturated rings. The van der Waals surface area contributed by atoms with Crippen LogP contribution in [0.1, 0.15) is 18.1 Å². The van der Waals surface area contributed by atoms with Crippen LogP contribution >= 0.6 is 0 Å². The van der Waals surface area contributed by atoms with Crippen LogP contribution in [0.2, 0.25) is 0 Å². The smallest absolute Gasteiger partial charge is 0.260 e. The minimum absolute atomic E-state index is 0.0801. The molecule has 2 rings (SSSR count). The lowest BCUT2D eigenvalue weighted by atomic mass is 10.2. The molecule has 28 heavy (non-hydrogen) atoms. The van der Waals surface area contributed by atoms with Crippen molar-refractivity contribution in [2.24, 2.45) is 0 Å². The second kappa shape index (κ2) is 9.57. The van der Waals surface area contributed by atoms with Gasteiger partial charge in [0.05, 0.1) is 12.0 Å². The quantitative estimate of drug-likeness (QED) is 0.623. The molecule has 2 aromatic rings. The molecule has 0 saturated carbocycles. The van der Waals surface area contributed by atoms with Crippen LogP contribution in [-0.2, 0) is 14.8 Å². The van der Waals surface area contributed by atoms with Crippen LogP contribution in [0.5, 0.6) is 11.5 Å². The van der Waals surface area contributed by atoms with E-state index in [0.29, 0.717) is 17.1 Å². The molecule has 2 N–H and O–H groups in total. The Morgan fingerprint density at radius 2 is 1.68 bits per heavy atom. The van der Waals surface area contributed by atoms with Crippen LogP contribution in [0, 0.1) is 13.8 Å². The Bertz CT molecular complexity index is 911. The van der Waals surface area contributed by atoms with Gasteiger partial charge in [-0.1, -0.05) is 12.1 Å². The summed E-state index contributed by atoms with van der Waals surface area (Å²) < 4.78 is 38.0. The fourth-order valence-electron chi connectivity index (χ4n) is 2.50.